The van der Waals surface area contributed by atoms with E-state index >= 15 is 0 Å². The van der Waals surface area contributed by atoms with E-state index in [0.29, 0.717) is 48.6 Å². The molecule has 0 unspecified atom stereocenters. The third-order valence-corrected chi connectivity index (χ3v) is 6.91. The first-order valence-corrected chi connectivity index (χ1v) is 12.4. The van der Waals surface area contributed by atoms with Crippen LogP contribution in [0.15, 0.2) is 48.5 Å². The number of hydrogen-bond acceptors (Lipinski definition) is 5. The molecule has 1 aliphatic rings. The van der Waals surface area contributed by atoms with E-state index in [2.05, 4.69) is 10.6 Å². The summed E-state index contributed by atoms with van der Waals surface area (Å²) in [5.41, 5.74) is 1.02. The van der Waals surface area contributed by atoms with Crippen LogP contribution in [0.25, 0.3) is 0 Å². The maximum absolute atomic E-state index is 13.3. The molecule has 1 heterocycles. The number of carbonyl (C=O) groups is 3. The Hall–Kier alpha value is -3.55. The molecule has 1 aliphatic heterocycles. The van der Waals surface area contributed by atoms with E-state index in [-0.39, 0.29) is 35.6 Å². The SMILES string of the molecule is COc1ccc(C(=O)N[C@H](C(=O)N[C@@H](C)C(C)C)C2CCN(C(=O)c3cccc(OC)c3)CC2)cc1. The molecule has 0 bridgehead atoms. The van der Waals surface area contributed by atoms with Gasteiger partial charge in [0.2, 0.25) is 5.91 Å². The van der Waals surface area contributed by atoms with E-state index in [1.807, 2.05) is 20.8 Å². The smallest absolute Gasteiger partial charge is 0.253 e. The number of hydrogen-bond donors (Lipinski definition) is 2. The second kappa shape index (κ2) is 12.4. The average Bonchev–Trinajstić information content (AvgIpc) is 2.91. The number of amides is 3. The standard InChI is InChI=1S/C28H37N3O5/c1-18(2)19(3)29-27(33)25(30-26(32)21-9-11-23(35-4)12-10-21)20-13-15-31(16-14-20)28(34)22-7-6-8-24(17-22)36-5/h6-12,17-20,25H,13-16H2,1-5H3,(H,29,33)(H,30,32)/t19-,25-/m0/s1. The summed E-state index contributed by atoms with van der Waals surface area (Å²) in [6.45, 7) is 7.04. The van der Waals surface area contributed by atoms with Crippen LogP contribution in [0, 0.1) is 11.8 Å². The van der Waals surface area contributed by atoms with Crippen molar-refractivity contribution in [1.82, 2.24) is 15.5 Å². The Morgan fingerprint density at radius 2 is 1.50 bits per heavy atom. The summed E-state index contributed by atoms with van der Waals surface area (Å²) in [6.07, 6.45) is 1.21. The van der Waals surface area contributed by atoms with Gasteiger partial charge in [0.1, 0.15) is 17.5 Å². The molecule has 0 radical (unpaired) electrons. The highest BCUT2D eigenvalue weighted by molar-refractivity contribution is 5.98. The van der Waals surface area contributed by atoms with Gasteiger partial charge in [0.25, 0.3) is 11.8 Å². The monoisotopic (exact) mass is 495 g/mol. The summed E-state index contributed by atoms with van der Waals surface area (Å²) < 4.78 is 10.4. The van der Waals surface area contributed by atoms with Crippen molar-refractivity contribution in [2.75, 3.05) is 27.3 Å². The van der Waals surface area contributed by atoms with E-state index in [1.165, 1.54) is 0 Å². The third-order valence-electron chi connectivity index (χ3n) is 6.91. The summed E-state index contributed by atoms with van der Waals surface area (Å²) in [5, 5.41) is 6.02. The number of carbonyl (C=O) groups excluding carboxylic acids is 3. The van der Waals surface area contributed by atoms with Gasteiger partial charge in [-0.2, -0.15) is 0 Å². The van der Waals surface area contributed by atoms with Crippen LogP contribution < -0.4 is 20.1 Å². The Morgan fingerprint density at radius 3 is 2.08 bits per heavy atom. The first kappa shape index (κ1) is 27.0. The van der Waals surface area contributed by atoms with Crippen LogP contribution in [0.2, 0.25) is 0 Å². The number of ether oxygens (including phenoxy) is 2. The van der Waals surface area contributed by atoms with Crippen LogP contribution in [-0.2, 0) is 4.79 Å². The van der Waals surface area contributed by atoms with Crippen molar-refractivity contribution in [3.05, 3.63) is 59.7 Å². The zero-order valence-electron chi connectivity index (χ0n) is 21.7. The summed E-state index contributed by atoms with van der Waals surface area (Å²) in [5.74, 6) is 0.868. The molecule has 0 saturated carbocycles. The minimum atomic E-state index is -0.699. The molecule has 3 amide bonds. The number of benzene rings is 2. The van der Waals surface area contributed by atoms with Gasteiger partial charge in [0.05, 0.1) is 14.2 Å². The molecule has 2 aromatic carbocycles. The molecule has 0 aromatic heterocycles. The zero-order valence-corrected chi connectivity index (χ0v) is 21.7. The van der Waals surface area contributed by atoms with Crippen molar-refractivity contribution in [3.63, 3.8) is 0 Å². The number of rotatable bonds is 9. The second-order valence-electron chi connectivity index (χ2n) is 9.58. The summed E-state index contributed by atoms with van der Waals surface area (Å²) >= 11 is 0. The Kier molecular flexibility index (Phi) is 9.33. The van der Waals surface area contributed by atoms with Crippen molar-refractivity contribution in [2.45, 2.75) is 45.7 Å². The van der Waals surface area contributed by atoms with Gasteiger partial charge in [-0.25, -0.2) is 0 Å². The van der Waals surface area contributed by atoms with E-state index in [9.17, 15) is 14.4 Å². The minimum Gasteiger partial charge on any atom is -0.497 e. The van der Waals surface area contributed by atoms with E-state index < -0.39 is 6.04 Å². The summed E-state index contributed by atoms with van der Waals surface area (Å²) in [7, 11) is 3.14. The summed E-state index contributed by atoms with van der Waals surface area (Å²) in [4.78, 5) is 41.1. The summed E-state index contributed by atoms with van der Waals surface area (Å²) in [6, 6.07) is 13.1. The highest BCUT2D eigenvalue weighted by Gasteiger charge is 2.35. The van der Waals surface area contributed by atoms with E-state index in [4.69, 9.17) is 9.47 Å². The minimum absolute atomic E-state index is 0.0346. The van der Waals surface area contributed by atoms with E-state index in [0.717, 1.165) is 0 Å². The normalized spacial score (nSPS) is 15.7. The fraction of sp³-hybridized carbons (Fsp3) is 0.464. The number of methoxy groups -OCH3 is 2. The van der Waals surface area contributed by atoms with Crippen LogP contribution in [-0.4, -0.2) is 62.0 Å². The fourth-order valence-corrected chi connectivity index (χ4v) is 4.22. The number of piperidine rings is 1. The molecule has 1 saturated heterocycles. The first-order valence-electron chi connectivity index (χ1n) is 12.4. The molecule has 1 fully saturated rings. The molecule has 8 heteroatoms. The van der Waals surface area contributed by atoms with Crippen molar-refractivity contribution in [2.24, 2.45) is 11.8 Å². The van der Waals surface area contributed by atoms with Gasteiger partial charge in [0, 0.05) is 30.3 Å². The zero-order chi connectivity index (χ0) is 26.2. The Morgan fingerprint density at radius 1 is 0.861 bits per heavy atom. The lowest BCUT2D eigenvalue weighted by Gasteiger charge is -2.36. The largest absolute Gasteiger partial charge is 0.497 e. The lowest BCUT2D eigenvalue weighted by molar-refractivity contribution is -0.125. The molecule has 8 nitrogen and oxygen atoms in total. The average molecular weight is 496 g/mol. The second-order valence-corrected chi connectivity index (χ2v) is 9.58. The number of nitrogens with zero attached hydrogens (tertiary/aromatic N) is 1. The topological polar surface area (TPSA) is 97.0 Å². The lowest BCUT2D eigenvalue weighted by Crippen LogP contribution is -2.55. The van der Waals surface area contributed by atoms with Gasteiger partial charge >= 0.3 is 0 Å². The molecule has 3 rings (SSSR count). The lowest BCUT2D eigenvalue weighted by atomic mass is 9.87. The molecule has 194 valence electrons. The van der Waals surface area contributed by atoms with Crippen molar-refractivity contribution in [1.29, 1.82) is 0 Å². The van der Waals surface area contributed by atoms with Crippen LogP contribution in [0.1, 0.15) is 54.3 Å². The Bertz CT molecular complexity index is 1050. The highest BCUT2D eigenvalue weighted by atomic mass is 16.5. The van der Waals surface area contributed by atoms with Gasteiger partial charge < -0.3 is 25.0 Å². The number of nitrogens with one attached hydrogen (secondary N) is 2. The quantitative estimate of drug-likeness (QED) is 0.555. The van der Waals surface area contributed by atoms with Crippen molar-refractivity contribution >= 4 is 17.7 Å². The van der Waals surface area contributed by atoms with Gasteiger partial charge in [-0.15, -0.1) is 0 Å². The molecule has 2 aromatic rings. The van der Waals surface area contributed by atoms with Gasteiger partial charge in [-0.05, 0) is 74.1 Å². The molecule has 2 N–H and O–H groups in total. The maximum Gasteiger partial charge on any atom is 0.253 e. The molecule has 0 aliphatic carbocycles. The van der Waals surface area contributed by atoms with Crippen LogP contribution in [0.5, 0.6) is 11.5 Å². The fourth-order valence-electron chi connectivity index (χ4n) is 4.22. The molecule has 2 atom stereocenters. The van der Waals surface area contributed by atoms with Gasteiger partial charge in [0.15, 0.2) is 0 Å². The Labute approximate surface area is 213 Å². The predicted molar refractivity (Wildman–Crippen MR) is 138 cm³/mol. The van der Waals surface area contributed by atoms with Gasteiger partial charge in [-0.3, -0.25) is 14.4 Å². The molecular formula is C28H37N3O5. The molecule has 36 heavy (non-hydrogen) atoms. The van der Waals surface area contributed by atoms with Crippen LogP contribution in [0.4, 0.5) is 0 Å². The predicted octanol–water partition coefficient (Wildman–Crippen LogP) is 3.52. The Balaban J connectivity index is 1.71. The van der Waals surface area contributed by atoms with Crippen molar-refractivity contribution < 1.29 is 23.9 Å². The molecule has 0 spiro atoms. The van der Waals surface area contributed by atoms with Crippen LogP contribution in [0.3, 0.4) is 0 Å². The van der Waals surface area contributed by atoms with E-state index in [1.54, 1.807) is 67.7 Å². The van der Waals surface area contributed by atoms with Crippen molar-refractivity contribution in [3.8, 4) is 11.5 Å². The third kappa shape index (κ3) is 6.77. The first-order chi connectivity index (χ1) is 17.2. The van der Waals surface area contributed by atoms with Crippen LogP contribution >= 0.6 is 0 Å². The molecular weight excluding hydrogens is 458 g/mol. The number of likely N-dealkylation sites (tertiary alicyclic amines) is 1. The highest BCUT2D eigenvalue weighted by Crippen LogP contribution is 2.24. The maximum atomic E-state index is 13.3. The van der Waals surface area contributed by atoms with Gasteiger partial charge in [-0.1, -0.05) is 19.9 Å².